The molecule has 0 spiro atoms. The molecule has 0 unspecified atom stereocenters. The van der Waals surface area contributed by atoms with E-state index in [0.29, 0.717) is 11.7 Å². The van der Waals surface area contributed by atoms with Crippen molar-refractivity contribution in [1.82, 2.24) is 14.9 Å². The Labute approximate surface area is 144 Å². The lowest BCUT2D eigenvalue weighted by Gasteiger charge is -2.35. The second kappa shape index (κ2) is 7.26. The van der Waals surface area contributed by atoms with Crippen molar-refractivity contribution in [3.8, 4) is 5.88 Å². The molecule has 1 aliphatic rings. The van der Waals surface area contributed by atoms with Crippen molar-refractivity contribution < 1.29 is 17.9 Å². The van der Waals surface area contributed by atoms with Crippen molar-refractivity contribution >= 4 is 5.82 Å². The SMILES string of the molecule is COc1ccc(CN2CCN(c3ccc(C(F)(F)F)cn3)CC2)cn1. The molecular weight excluding hydrogens is 333 g/mol. The number of ether oxygens (including phenoxy) is 1. The highest BCUT2D eigenvalue weighted by molar-refractivity contribution is 5.40. The molecule has 0 bridgehead atoms. The molecule has 5 nitrogen and oxygen atoms in total. The van der Waals surface area contributed by atoms with Crippen molar-refractivity contribution in [3.63, 3.8) is 0 Å². The number of hydrogen-bond acceptors (Lipinski definition) is 5. The summed E-state index contributed by atoms with van der Waals surface area (Å²) < 4.78 is 42.8. The lowest BCUT2D eigenvalue weighted by Crippen LogP contribution is -2.46. The highest BCUT2D eigenvalue weighted by atomic mass is 19.4. The summed E-state index contributed by atoms with van der Waals surface area (Å²) in [5.41, 5.74) is 0.379. The zero-order chi connectivity index (χ0) is 17.9. The van der Waals surface area contributed by atoms with Gasteiger partial charge in [0.05, 0.1) is 12.7 Å². The Kier molecular flexibility index (Phi) is 5.08. The topological polar surface area (TPSA) is 41.5 Å². The number of aromatic nitrogens is 2. The maximum Gasteiger partial charge on any atom is 0.417 e. The van der Waals surface area contributed by atoms with Gasteiger partial charge in [-0.15, -0.1) is 0 Å². The summed E-state index contributed by atoms with van der Waals surface area (Å²) >= 11 is 0. The van der Waals surface area contributed by atoms with Crippen LogP contribution in [0.1, 0.15) is 11.1 Å². The Bertz CT molecular complexity index is 681. The smallest absolute Gasteiger partial charge is 0.417 e. The summed E-state index contributed by atoms with van der Waals surface area (Å²) in [6.45, 7) is 3.86. The fraction of sp³-hybridized carbons (Fsp3) is 0.412. The van der Waals surface area contributed by atoms with Gasteiger partial charge >= 0.3 is 6.18 Å². The lowest BCUT2D eigenvalue weighted by molar-refractivity contribution is -0.137. The predicted octanol–water partition coefficient (Wildman–Crippen LogP) is 2.83. The summed E-state index contributed by atoms with van der Waals surface area (Å²) in [4.78, 5) is 12.4. The maximum atomic E-state index is 12.6. The number of nitrogens with zero attached hydrogens (tertiary/aromatic N) is 4. The van der Waals surface area contributed by atoms with Crippen LogP contribution in [-0.2, 0) is 12.7 Å². The van der Waals surface area contributed by atoms with Gasteiger partial charge in [0, 0.05) is 51.2 Å². The highest BCUT2D eigenvalue weighted by Crippen LogP contribution is 2.29. The largest absolute Gasteiger partial charge is 0.481 e. The quantitative estimate of drug-likeness (QED) is 0.846. The van der Waals surface area contributed by atoms with Crippen LogP contribution in [0.2, 0.25) is 0 Å². The Balaban J connectivity index is 1.54. The average molecular weight is 352 g/mol. The number of halogens is 3. The molecule has 0 amide bonds. The van der Waals surface area contributed by atoms with E-state index < -0.39 is 11.7 Å². The monoisotopic (exact) mass is 352 g/mol. The van der Waals surface area contributed by atoms with Crippen LogP contribution >= 0.6 is 0 Å². The molecule has 2 aromatic heterocycles. The Hall–Kier alpha value is -2.35. The zero-order valence-corrected chi connectivity index (χ0v) is 13.8. The van der Waals surface area contributed by atoms with Crippen LogP contribution in [0.3, 0.4) is 0 Å². The average Bonchev–Trinajstić information content (AvgIpc) is 2.62. The van der Waals surface area contributed by atoms with E-state index in [1.807, 2.05) is 17.0 Å². The van der Waals surface area contributed by atoms with Gasteiger partial charge in [0.25, 0.3) is 0 Å². The number of rotatable bonds is 4. The number of hydrogen-bond donors (Lipinski definition) is 0. The molecule has 0 atom stereocenters. The molecule has 0 aromatic carbocycles. The molecule has 2 aromatic rings. The first-order valence-corrected chi connectivity index (χ1v) is 7.95. The van der Waals surface area contributed by atoms with Gasteiger partial charge in [-0.25, -0.2) is 9.97 Å². The summed E-state index contributed by atoms with van der Waals surface area (Å²) in [6.07, 6.45) is -1.66. The first-order chi connectivity index (χ1) is 12.0. The van der Waals surface area contributed by atoms with Gasteiger partial charge < -0.3 is 9.64 Å². The molecule has 1 saturated heterocycles. The van der Waals surface area contributed by atoms with Crippen molar-refractivity contribution in [3.05, 3.63) is 47.8 Å². The maximum absolute atomic E-state index is 12.6. The summed E-state index contributed by atoms with van der Waals surface area (Å²) in [6, 6.07) is 6.33. The van der Waals surface area contributed by atoms with E-state index in [0.717, 1.165) is 50.6 Å². The third kappa shape index (κ3) is 4.39. The number of anilines is 1. The first kappa shape index (κ1) is 17.5. The van der Waals surface area contributed by atoms with Gasteiger partial charge in [0.1, 0.15) is 5.82 Å². The third-order valence-corrected chi connectivity index (χ3v) is 4.18. The lowest BCUT2D eigenvalue weighted by atomic mass is 10.2. The number of pyridine rings is 2. The minimum Gasteiger partial charge on any atom is -0.481 e. The zero-order valence-electron chi connectivity index (χ0n) is 13.8. The van der Waals surface area contributed by atoms with Gasteiger partial charge in [0.2, 0.25) is 5.88 Å². The molecule has 0 saturated carbocycles. The van der Waals surface area contributed by atoms with E-state index in [1.54, 1.807) is 13.3 Å². The van der Waals surface area contributed by atoms with Crippen LogP contribution in [0.5, 0.6) is 5.88 Å². The molecule has 3 rings (SSSR count). The Morgan fingerprint density at radius 3 is 2.28 bits per heavy atom. The van der Waals surface area contributed by atoms with E-state index in [-0.39, 0.29) is 0 Å². The van der Waals surface area contributed by atoms with E-state index in [4.69, 9.17) is 4.74 Å². The second-order valence-corrected chi connectivity index (χ2v) is 5.87. The van der Waals surface area contributed by atoms with Crippen molar-refractivity contribution in [1.29, 1.82) is 0 Å². The van der Waals surface area contributed by atoms with Crippen LogP contribution in [0.25, 0.3) is 0 Å². The molecular formula is C17H19F3N4O. The molecule has 3 heterocycles. The Morgan fingerprint density at radius 1 is 1.00 bits per heavy atom. The van der Waals surface area contributed by atoms with Gasteiger partial charge in [-0.2, -0.15) is 13.2 Å². The summed E-state index contributed by atoms with van der Waals surface area (Å²) in [5, 5.41) is 0. The van der Waals surface area contributed by atoms with Crippen LogP contribution in [0, 0.1) is 0 Å². The van der Waals surface area contributed by atoms with Crippen molar-refractivity contribution in [2.24, 2.45) is 0 Å². The normalized spacial score (nSPS) is 16.1. The van der Waals surface area contributed by atoms with E-state index in [2.05, 4.69) is 14.9 Å². The molecule has 25 heavy (non-hydrogen) atoms. The van der Waals surface area contributed by atoms with Crippen LogP contribution in [0.4, 0.5) is 19.0 Å². The number of methoxy groups -OCH3 is 1. The minimum absolute atomic E-state index is 0.582. The summed E-state index contributed by atoms with van der Waals surface area (Å²) in [7, 11) is 1.58. The molecule has 1 aliphatic heterocycles. The second-order valence-electron chi connectivity index (χ2n) is 5.87. The molecule has 134 valence electrons. The molecule has 0 radical (unpaired) electrons. The van der Waals surface area contributed by atoms with Crippen LogP contribution < -0.4 is 9.64 Å². The molecule has 1 fully saturated rings. The predicted molar refractivity (Wildman–Crippen MR) is 87.5 cm³/mol. The number of piperazine rings is 1. The van der Waals surface area contributed by atoms with Gasteiger partial charge in [-0.1, -0.05) is 6.07 Å². The Morgan fingerprint density at radius 2 is 1.76 bits per heavy atom. The first-order valence-electron chi connectivity index (χ1n) is 7.95. The van der Waals surface area contributed by atoms with E-state index in [9.17, 15) is 13.2 Å². The fourth-order valence-electron chi connectivity index (χ4n) is 2.76. The van der Waals surface area contributed by atoms with Gasteiger partial charge in [-0.3, -0.25) is 4.90 Å². The fourth-order valence-corrected chi connectivity index (χ4v) is 2.76. The van der Waals surface area contributed by atoms with Gasteiger partial charge in [0.15, 0.2) is 0 Å². The van der Waals surface area contributed by atoms with Crippen LogP contribution in [0.15, 0.2) is 36.7 Å². The highest BCUT2D eigenvalue weighted by Gasteiger charge is 2.31. The van der Waals surface area contributed by atoms with Gasteiger partial charge in [-0.05, 0) is 17.7 Å². The van der Waals surface area contributed by atoms with E-state index >= 15 is 0 Å². The van der Waals surface area contributed by atoms with Crippen molar-refractivity contribution in [2.75, 3.05) is 38.2 Å². The van der Waals surface area contributed by atoms with Crippen molar-refractivity contribution in [2.45, 2.75) is 12.7 Å². The van der Waals surface area contributed by atoms with Crippen LogP contribution in [-0.4, -0.2) is 48.2 Å². The number of alkyl halides is 3. The third-order valence-electron chi connectivity index (χ3n) is 4.18. The molecule has 0 N–H and O–H groups in total. The standard InChI is InChI=1S/C17H19F3N4O/c1-25-16-5-2-13(10-22-16)12-23-6-8-24(9-7-23)15-4-3-14(11-21-15)17(18,19)20/h2-5,10-11H,6-9,12H2,1H3. The van der Waals surface area contributed by atoms with E-state index in [1.165, 1.54) is 6.07 Å². The summed E-state index contributed by atoms with van der Waals surface area (Å²) in [5.74, 6) is 1.17. The molecule has 8 heteroatoms. The molecule has 0 aliphatic carbocycles. The minimum atomic E-state index is -4.35.